The van der Waals surface area contributed by atoms with E-state index in [1.807, 2.05) is 0 Å². The van der Waals surface area contributed by atoms with Crippen molar-refractivity contribution in [1.82, 2.24) is 10.2 Å². The molecule has 0 spiro atoms. The molecule has 0 aromatic carbocycles. The Morgan fingerprint density at radius 1 is 1.16 bits per heavy atom. The monoisotopic (exact) mass is 268 g/mol. The van der Waals surface area contributed by atoms with E-state index in [-0.39, 0.29) is 0 Å². The zero-order valence-corrected chi connectivity index (χ0v) is 14.1. The smallest absolute Gasteiger partial charge is 0.0120 e. The Morgan fingerprint density at radius 3 is 2.32 bits per heavy atom. The molecule has 0 amide bonds. The summed E-state index contributed by atoms with van der Waals surface area (Å²) in [6.07, 6.45) is 5.18. The van der Waals surface area contributed by atoms with Crippen LogP contribution in [0.25, 0.3) is 0 Å². The average Bonchev–Trinajstić information content (AvgIpc) is 2.41. The van der Waals surface area contributed by atoms with Crippen molar-refractivity contribution in [2.24, 2.45) is 11.8 Å². The first-order chi connectivity index (χ1) is 9.06. The normalized spacial score (nSPS) is 30.8. The summed E-state index contributed by atoms with van der Waals surface area (Å²) in [6.45, 7) is 16.7. The summed E-state index contributed by atoms with van der Waals surface area (Å²) in [6, 6.07) is 2.17. The van der Waals surface area contributed by atoms with Crippen molar-refractivity contribution in [3.63, 3.8) is 0 Å². The van der Waals surface area contributed by atoms with E-state index < -0.39 is 0 Å². The lowest BCUT2D eigenvalue weighted by Gasteiger charge is -2.47. The highest BCUT2D eigenvalue weighted by molar-refractivity contribution is 4.91. The van der Waals surface area contributed by atoms with E-state index in [4.69, 9.17) is 0 Å². The van der Waals surface area contributed by atoms with Gasteiger partial charge in [0, 0.05) is 24.7 Å². The van der Waals surface area contributed by atoms with E-state index in [0.717, 1.165) is 23.9 Å². The second-order valence-corrected chi connectivity index (χ2v) is 6.50. The molecule has 1 aliphatic heterocycles. The van der Waals surface area contributed by atoms with E-state index in [9.17, 15) is 0 Å². The summed E-state index contributed by atoms with van der Waals surface area (Å²) in [5.41, 5.74) is 0. The molecule has 1 rings (SSSR count). The van der Waals surface area contributed by atoms with Gasteiger partial charge in [0.25, 0.3) is 0 Å². The summed E-state index contributed by atoms with van der Waals surface area (Å²) < 4.78 is 0. The molecule has 1 heterocycles. The molecule has 0 radical (unpaired) electrons. The van der Waals surface area contributed by atoms with Crippen molar-refractivity contribution >= 4 is 0 Å². The average molecular weight is 268 g/mol. The molecule has 4 atom stereocenters. The topological polar surface area (TPSA) is 15.3 Å². The molecular formula is C17H36N2. The first kappa shape index (κ1) is 17.0. The molecule has 2 heteroatoms. The van der Waals surface area contributed by atoms with Gasteiger partial charge in [0.2, 0.25) is 0 Å². The Morgan fingerprint density at radius 2 is 1.79 bits per heavy atom. The Bertz CT molecular complexity index is 237. The Kier molecular flexibility index (Phi) is 7.38. The van der Waals surface area contributed by atoms with Crippen LogP contribution in [0.4, 0.5) is 0 Å². The van der Waals surface area contributed by atoms with E-state index in [0.29, 0.717) is 6.04 Å². The van der Waals surface area contributed by atoms with Crippen LogP contribution in [0.2, 0.25) is 0 Å². The summed E-state index contributed by atoms with van der Waals surface area (Å²) in [7, 11) is 0. The molecule has 114 valence electrons. The number of nitrogens with one attached hydrogen (secondary N) is 1. The molecule has 0 aromatic heterocycles. The molecule has 0 saturated carbocycles. The molecule has 1 saturated heterocycles. The predicted molar refractivity (Wildman–Crippen MR) is 85.6 cm³/mol. The summed E-state index contributed by atoms with van der Waals surface area (Å²) in [5.74, 6) is 1.62. The summed E-state index contributed by atoms with van der Waals surface area (Å²) in [4.78, 5) is 2.77. The van der Waals surface area contributed by atoms with Crippen LogP contribution >= 0.6 is 0 Å². The molecule has 2 nitrogen and oxygen atoms in total. The molecular weight excluding hydrogens is 232 g/mol. The Hall–Kier alpha value is -0.0800. The summed E-state index contributed by atoms with van der Waals surface area (Å²) in [5, 5.41) is 3.74. The van der Waals surface area contributed by atoms with Crippen LogP contribution < -0.4 is 5.32 Å². The molecule has 4 unspecified atom stereocenters. The van der Waals surface area contributed by atoms with Crippen LogP contribution in [0.15, 0.2) is 0 Å². The molecule has 1 aliphatic rings. The lowest BCUT2D eigenvalue weighted by molar-refractivity contribution is 0.0285. The minimum Gasteiger partial charge on any atom is -0.314 e. The molecule has 0 aliphatic carbocycles. The third kappa shape index (κ3) is 4.19. The van der Waals surface area contributed by atoms with Gasteiger partial charge in [-0.15, -0.1) is 0 Å². The van der Waals surface area contributed by atoms with Crippen molar-refractivity contribution in [2.75, 3.05) is 13.1 Å². The van der Waals surface area contributed by atoms with E-state index >= 15 is 0 Å². The van der Waals surface area contributed by atoms with E-state index in [1.165, 1.54) is 38.8 Å². The van der Waals surface area contributed by atoms with Crippen molar-refractivity contribution in [1.29, 1.82) is 0 Å². The second-order valence-electron chi connectivity index (χ2n) is 6.50. The fraction of sp³-hybridized carbons (Fsp3) is 1.00. The van der Waals surface area contributed by atoms with Gasteiger partial charge in [0.15, 0.2) is 0 Å². The van der Waals surface area contributed by atoms with E-state index in [2.05, 4.69) is 51.8 Å². The van der Waals surface area contributed by atoms with Gasteiger partial charge >= 0.3 is 0 Å². The highest BCUT2D eigenvalue weighted by atomic mass is 15.2. The number of piperidine rings is 1. The van der Waals surface area contributed by atoms with Crippen LogP contribution in [-0.4, -0.2) is 36.1 Å². The van der Waals surface area contributed by atoms with E-state index in [1.54, 1.807) is 0 Å². The number of hydrogen-bond donors (Lipinski definition) is 1. The maximum atomic E-state index is 3.74. The standard InChI is InChI=1S/C17H36N2/c1-7-11-18-17-10-12-19(14(5)13(17)4)15(6)16(8-2)9-3/h13-18H,7-12H2,1-6H3. The Balaban J connectivity index is 2.60. The minimum atomic E-state index is 0.707. The highest BCUT2D eigenvalue weighted by Crippen LogP contribution is 2.29. The maximum absolute atomic E-state index is 3.74. The lowest BCUT2D eigenvalue weighted by atomic mass is 9.83. The first-order valence-corrected chi connectivity index (χ1v) is 8.55. The molecule has 0 bridgehead atoms. The van der Waals surface area contributed by atoms with Crippen molar-refractivity contribution in [3.8, 4) is 0 Å². The maximum Gasteiger partial charge on any atom is 0.0120 e. The van der Waals surface area contributed by atoms with Crippen molar-refractivity contribution in [2.45, 2.75) is 85.4 Å². The van der Waals surface area contributed by atoms with Gasteiger partial charge in [-0.3, -0.25) is 4.90 Å². The van der Waals surface area contributed by atoms with Crippen LogP contribution in [-0.2, 0) is 0 Å². The zero-order valence-electron chi connectivity index (χ0n) is 14.1. The van der Waals surface area contributed by atoms with Gasteiger partial charge in [-0.2, -0.15) is 0 Å². The highest BCUT2D eigenvalue weighted by Gasteiger charge is 2.35. The van der Waals surface area contributed by atoms with Crippen LogP contribution in [0.3, 0.4) is 0 Å². The van der Waals surface area contributed by atoms with Crippen LogP contribution in [0.1, 0.15) is 67.2 Å². The second kappa shape index (κ2) is 8.26. The fourth-order valence-corrected chi connectivity index (χ4v) is 3.83. The van der Waals surface area contributed by atoms with Gasteiger partial charge in [-0.1, -0.05) is 40.5 Å². The molecule has 19 heavy (non-hydrogen) atoms. The zero-order chi connectivity index (χ0) is 14.4. The van der Waals surface area contributed by atoms with Crippen LogP contribution in [0.5, 0.6) is 0 Å². The third-order valence-corrected chi connectivity index (χ3v) is 5.53. The van der Waals surface area contributed by atoms with Gasteiger partial charge in [-0.25, -0.2) is 0 Å². The SMILES string of the molecule is CCCNC1CCN(C(C)C(CC)CC)C(C)C1C. The minimum absolute atomic E-state index is 0.707. The molecule has 1 N–H and O–H groups in total. The fourth-order valence-electron chi connectivity index (χ4n) is 3.83. The van der Waals surface area contributed by atoms with Crippen molar-refractivity contribution < 1.29 is 0 Å². The van der Waals surface area contributed by atoms with Gasteiger partial charge in [0.05, 0.1) is 0 Å². The largest absolute Gasteiger partial charge is 0.314 e. The number of likely N-dealkylation sites (tertiary alicyclic amines) is 1. The Labute approximate surface area is 121 Å². The first-order valence-electron chi connectivity index (χ1n) is 8.55. The number of rotatable bonds is 7. The quantitative estimate of drug-likeness (QED) is 0.753. The molecule has 1 fully saturated rings. The number of nitrogens with zero attached hydrogens (tertiary/aromatic N) is 1. The summed E-state index contributed by atoms with van der Waals surface area (Å²) >= 11 is 0. The predicted octanol–water partition coefficient (Wildman–Crippen LogP) is 3.91. The van der Waals surface area contributed by atoms with Gasteiger partial charge < -0.3 is 5.32 Å². The molecule has 0 aromatic rings. The van der Waals surface area contributed by atoms with Gasteiger partial charge in [0.1, 0.15) is 0 Å². The lowest BCUT2D eigenvalue weighted by Crippen LogP contribution is -2.57. The van der Waals surface area contributed by atoms with Crippen molar-refractivity contribution in [3.05, 3.63) is 0 Å². The number of hydrogen-bond acceptors (Lipinski definition) is 2. The van der Waals surface area contributed by atoms with Crippen LogP contribution in [0, 0.1) is 11.8 Å². The van der Waals surface area contributed by atoms with Gasteiger partial charge in [-0.05, 0) is 45.1 Å². The third-order valence-electron chi connectivity index (χ3n) is 5.53.